The number of aliphatic hydroxyl groups excluding tert-OH is 1. The molecule has 1 atom stereocenters. The van der Waals surface area contributed by atoms with Crippen LogP contribution < -0.4 is 5.43 Å². The Kier molecular flexibility index (Phi) is 6.39. The molecule has 0 saturated heterocycles. The number of rotatable bonds is 5. The van der Waals surface area contributed by atoms with Gasteiger partial charge in [0, 0.05) is 16.7 Å². The van der Waals surface area contributed by atoms with Gasteiger partial charge in [-0.1, -0.05) is 133 Å². The third kappa shape index (κ3) is 4.80. The maximum absolute atomic E-state index is 11.2. The van der Waals surface area contributed by atoms with E-state index in [1.165, 1.54) is 43.8 Å². The molecule has 7 rings (SSSR count). The zero-order valence-electron chi connectivity index (χ0n) is 23.2. The highest BCUT2D eigenvalue weighted by Gasteiger charge is 2.34. The van der Waals surface area contributed by atoms with E-state index in [0.29, 0.717) is 4.59 Å². The molecule has 3 heteroatoms. The molecule has 0 amide bonds. The van der Waals surface area contributed by atoms with Crippen molar-refractivity contribution in [1.29, 1.82) is 0 Å². The highest BCUT2D eigenvalue weighted by molar-refractivity contribution is 6.07. The molecule has 0 fully saturated rings. The molecule has 1 aliphatic heterocycles. The summed E-state index contributed by atoms with van der Waals surface area (Å²) in [4.78, 5) is 0. The predicted octanol–water partition coefficient (Wildman–Crippen LogP) is 8.97. The molecule has 6 aromatic rings. The molecular weight excluding hydrogens is 500 g/mol. The third-order valence-electron chi connectivity index (χ3n) is 8.32. The molecular formula is C38H33N2O+. The summed E-state index contributed by atoms with van der Waals surface area (Å²) in [7, 11) is 2.27. The monoisotopic (exact) mass is 533 g/mol. The summed E-state index contributed by atoms with van der Waals surface area (Å²) in [6, 6.07) is 46.5. The molecule has 41 heavy (non-hydrogen) atoms. The first-order chi connectivity index (χ1) is 20.1. The minimum absolute atomic E-state index is 0.202. The van der Waals surface area contributed by atoms with E-state index in [9.17, 15) is 5.11 Å². The van der Waals surface area contributed by atoms with Gasteiger partial charge in [0.1, 0.15) is 24.9 Å². The van der Waals surface area contributed by atoms with Crippen LogP contribution in [-0.4, -0.2) is 16.7 Å². The first kappa shape index (κ1) is 25.3. The number of benzene rings is 6. The summed E-state index contributed by atoms with van der Waals surface area (Å²) < 4.78 is 0.578. The van der Waals surface area contributed by atoms with Crippen molar-refractivity contribution in [3.8, 4) is 11.1 Å². The van der Waals surface area contributed by atoms with Gasteiger partial charge in [0.15, 0.2) is 0 Å². The van der Waals surface area contributed by atoms with E-state index in [1.807, 2.05) is 42.5 Å². The van der Waals surface area contributed by atoms with Crippen LogP contribution >= 0.6 is 0 Å². The lowest BCUT2D eigenvalue weighted by molar-refractivity contribution is -0.979. The van der Waals surface area contributed by atoms with Gasteiger partial charge in [-0.15, -0.1) is 0 Å². The Hall–Kier alpha value is -4.70. The zero-order valence-corrected chi connectivity index (χ0v) is 23.2. The summed E-state index contributed by atoms with van der Waals surface area (Å²) in [5, 5.41) is 16.3. The largest absolute Gasteiger partial charge is 0.508 e. The van der Waals surface area contributed by atoms with E-state index in [0.717, 1.165) is 24.2 Å². The van der Waals surface area contributed by atoms with E-state index in [2.05, 4.69) is 110 Å². The van der Waals surface area contributed by atoms with Gasteiger partial charge in [-0.05, 0) is 44.3 Å². The summed E-state index contributed by atoms with van der Waals surface area (Å²) in [6.07, 6.45) is 1.95. The molecule has 0 bridgehead atoms. The van der Waals surface area contributed by atoms with Gasteiger partial charge >= 0.3 is 0 Å². The van der Waals surface area contributed by atoms with Gasteiger partial charge < -0.3 is 5.11 Å². The fraction of sp³-hybridized carbons (Fsp3) is 0.105. The number of quaternary nitrogens is 1. The molecule has 2 N–H and O–H groups in total. The van der Waals surface area contributed by atoms with Crippen molar-refractivity contribution in [3.63, 3.8) is 0 Å². The highest BCUT2D eigenvalue weighted by atomic mass is 16.3. The lowest BCUT2D eigenvalue weighted by atomic mass is 9.88. The summed E-state index contributed by atoms with van der Waals surface area (Å²) >= 11 is 0. The highest BCUT2D eigenvalue weighted by Crippen LogP contribution is 2.43. The molecule has 0 aromatic heterocycles. The Morgan fingerprint density at radius 3 is 1.68 bits per heavy atom. The number of aliphatic hydroxyl groups is 1. The normalized spacial score (nSPS) is 15.2. The van der Waals surface area contributed by atoms with E-state index in [1.54, 1.807) is 0 Å². The second kappa shape index (κ2) is 10.4. The van der Waals surface area contributed by atoms with Crippen molar-refractivity contribution in [3.05, 3.63) is 162 Å². The van der Waals surface area contributed by atoms with Crippen LogP contribution in [0.15, 0.2) is 140 Å². The topological polar surface area (TPSA) is 32.3 Å². The Labute approximate surface area is 241 Å². The third-order valence-corrected chi connectivity index (χ3v) is 8.32. The number of nitrogens with one attached hydrogen (secondary N) is 1. The van der Waals surface area contributed by atoms with E-state index in [-0.39, 0.29) is 11.8 Å². The Bertz CT molecular complexity index is 1810. The van der Waals surface area contributed by atoms with Crippen LogP contribution in [0.3, 0.4) is 0 Å². The Balaban J connectivity index is 1.40. The van der Waals surface area contributed by atoms with Crippen molar-refractivity contribution in [2.75, 3.05) is 7.05 Å². The Morgan fingerprint density at radius 1 is 0.634 bits per heavy atom. The van der Waals surface area contributed by atoms with E-state index in [4.69, 9.17) is 0 Å². The van der Waals surface area contributed by atoms with Gasteiger partial charge in [-0.25, -0.2) is 4.59 Å². The van der Waals surface area contributed by atoms with Crippen LogP contribution in [0.5, 0.6) is 0 Å². The molecule has 3 nitrogen and oxygen atoms in total. The summed E-state index contributed by atoms with van der Waals surface area (Å²) in [6.45, 7) is 1.60. The maximum Gasteiger partial charge on any atom is 0.123 e. The summed E-state index contributed by atoms with van der Waals surface area (Å²) in [5.74, 6) is 0.270. The van der Waals surface area contributed by atoms with Gasteiger partial charge in [0.2, 0.25) is 0 Å². The molecule has 200 valence electrons. The lowest BCUT2D eigenvalue weighted by Crippen LogP contribution is -2.54. The molecule has 1 unspecified atom stereocenters. The van der Waals surface area contributed by atoms with Crippen LogP contribution in [0, 0.1) is 0 Å². The second-order valence-corrected chi connectivity index (χ2v) is 11.3. The number of hydrogen-bond donors (Lipinski definition) is 2. The van der Waals surface area contributed by atoms with Gasteiger partial charge in [-0.3, -0.25) is 0 Å². The fourth-order valence-corrected chi connectivity index (χ4v) is 6.45. The zero-order chi connectivity index (χ0) is 27.8. The standard InChI is InChI=1S/C38H32N2O/c1-40(39-35(29-14-4-2-5-15-29)24-36(41)30-16-6-3-7-17-30)25-31-22-20-27-12-8-10-18-33(27)37(31)38-32(26-40)23-21-28-13-9-11-19-34(28)38/h2-24,35,39H,25-26H2,1H3/p+1/b36-24-. The van der Waals surface area contributed by atoms with Crippen molar-refractivity contribution in [2.45, 2.75) is 19.1 Å². The molecule has 1 aliphatic rings. The van der Waals surface area contributed by atoms with Crippen molar-refractivity contribution >= 4 is 27.3 Å². The summed E-state index contributed by atoms with van der Waals surface area (Å²) in [5.41, 5.74) is 11.2. The average molecular weight is 534 g/mol. The van der Waals surface area contributed by atoms with Crippen LogP contribution in [0.2, 0.25) is 0 Å². The first-order valence-electron chi connectivity index (χ1n) is 14.2. The quantitative estimate of drug-likeness (QED) is 0.171. The van der Waals surface area contributed by atoms with E-state index < -0.39 is 0 Å². The number of fused-ring (bicyclic) bond motifs is 7. The van der Waals surface area contributed by atoms with Gasteiger partial charge in [0.05, 0.1) is 7.05 Å². The predicted molar refractivity (Wildman–Crippen MR) is 170 cm³/mol. The minimum atomic E-state index is -0.202. The second-order valence-electron chi connectivity index (χ2n) is 11.3. The number of hydrogen-bond acceptors (Lipinski definition) is 2. The van der Waals surface area contributed by atoms with Crippen molar-refractivity contribution < 1.29 is 9.70 Å². The van der Waals surface area contributed by atoms with Crippen LogP contribution in [0.4, 0.5) is 0 Å². The SMILES string of the molecule is C[N+]1(NC(/C=C(\O)c2ccccc2)c2ccccc2)Cc2ccc3ccccc3c2-c2c(ccc3ccccc23)C1. The van der Waals surface area contributed by atoms with Gasteiger partial charge in [-0.2, -0.15) is 5.43 Å². The minimum Gasteiger partial charge on any atom is -0.508 e. The molecule has 0 radical (unpaired) electrons. The molecule has 1 heterocycles. The number of nitrogens with zero attached hydrogens (tertiary/aromatic N) is 1. The van der Waals surface area contributed by atoms with Crippen LogP contribution in [0.25, 0.3) is 38.4 Å². The van der Waals surface area contributed by atoms with Crippen molar-refractivity contribution in [1.82, 2.24) is 5.43 Å². The first-order valence-corrected chi connectivity index (χ1v) is 14.2. The maximum atomic E-state index is 11.2. The smallest absolute Gasteiger partial charge is 0.123 e. The van der Waals surface area contributed by atoms with Crippen LogP contribution in [-0.2, 0) is 13.1 Å². The molecule has 0 aliphatic carbocycles. The Morgan fingerprint density at radius 2 is 1.12 bits per heavy atom. The van der Waals surface area contributed by atoms with Crippen molar-refractivity contribution in [2.24, 2.45) is 0 Å². The molecule has 0 saturated carbocycles. The van der Waals surface area contributed by atoms with Crippen LogP contribution in [0.1, 0.15) is 28.3 Å². The van der Waals surface area contributed by atoms with E-state index >= 15 is 0 Å². The molecule has 6 aromatic carbocycles. The lowest BCUT2D eigenvalue weighted by Gasteiger charge is -2.36. The molecule has 0 spiro atoms. The van der Waals surface area contributed by atoms with Gasteiger partial charge in [0.25, 0.3) is 0 Å². The fourth-order valence-electron chi connectivity index (χ4n) is 6.45. The average Bonchev–Trinajstić information content (AvgIpc) is 3.15.